The molecule has 19 heavy (non-hydrogen) atoms. The predicted octanol–water partition coefficient (Wildman–Crippen LogP) is 4.31. The summed E-state index contributed by atoms with van der Waals surface area (Å²) in [5.41, 5.74) is 1.14. The molecule has 0 aliphatic carbocycles. The Morgan fingerprint density at radius 1 is 1.05 bits per heavy atom. The lowest BCUT2D eigenvalue weighted by Gasteiger charge is -2.21. The van der Waals surface area contributed by atoms with Crippen molar-refractivity contribution >= 4 is 11.5 Å². The second-order valence-electron chi connectivity index (χ2n) is 5.00. The molecule has 1 N–H and O–H groups in total. The van der Waals surface area contributed by atoms with Crippen LogP contribution in [0.1, 0.15) is 53.4 Å². The van der Waals surface area contributed by atoms with E-state index in [1.54, 1.807) is 0 Å². The molecule has 1 heterocycles. The predicted molar refractivity (Wildman–Crippen MR) is 85.0 cm³/mol. The quantitative estimate of drug-likeness (QED) is 0.719. The maximum absolute atomic E-state index is 4.56. The van der Waals surface area contributed by atoms with Gasteiger partial charge in [-0.1, -0.05) is 26.7 Å². The van der Waals surface area contributed by atoms with Crippen molar-refractivity contribution in [3.8, 4) is 0 Å². The Balaban J connectivity index is 2.64. The molecular weight excluding hydrogens is 234 g/mol. The molecule has 0 unspecified atom stereocenters. The van der Waals surface area contributed by atoms with Gasteiger partial charge >= 0.3 is 0 Å². The largest absolute Gasteiger partial charge is 0.381 e. The van der Waals surface area contributed by atoms with Crippen molar-refractivity contribution in [1.29, 1.82) is 0 Å². The highest BCUT2D eigenvalue weighted by molar-refractivity contribution is 5.49. The molecule has 1 rings (SSSR count). The van der Waals surface area contributed by atoms with E-state index in [0.29, 0.717) is 6.04 Å². The zero-order chi connectivity index (χ0) is 14.1. The highest BCUT2D eigenvalue weighted by Crippen LogP contribution is 2.17. The maximum atomic E-state index is 4.56. The van der Waals surface area contributed by atoms with E-state index >= 15 is 0 Å². The summed E-state index contributed by atoms with van der Waals surface area (Å²) in [5, 5.41) is 3.60. The van der Waals surface area contributed by atoms with E-state index in [2.05, 4.69) is 55.0 Å². The summed E-state index contributed by atoms with van der Waals surface area (Å²) < 4.78 is 0. The van der Waals surface area contributed by atoms with Crippen molar-refractivity contribution < 1.29 is 0 Å². The second-order valence-corrected chi connectivity index (χ2v) is 5.00. The molecule has 0 spiro atoms. The van der Waals surface area contributed by atoms with Gasteiger partial charge in [0.1, 0.15) is 5.82 Å². The topological polar surface area (TPSA) is 28.2 Å². The van der Waals surface area contributed by atoms with Crippen molar-refractivity contribution in [3.63, 3.8) is 0 Å². The highest BCUT2D eigenvalue weighted by Gasteiger charge is 2.07. The lowest BCUT2D eigenvalue weighted by Crippen LogP contribution is -2.23. The van der Waals surface area contributed by atoms with Gasteiger partial charge in [-0.15, -0.1) is 0 Å². The van der Waals surface area contributed by atoms with Crippen LogP contribution in [-0.4, -0.2) is 24.1 Å². The molecule has 1 aromatic rings. The third-order valence-electron chi connectivity index (χ3n) is 3.48. The zero-order valence-electron chi connectivity index (χ0n) is 12.9. The first-order valence-corrected chi connectivity index (χ1v) is 7.72. The van der Waals surface area contributed by atoms with Gasteiger partial charge in [0, 0.05) is 19.1 Å². The molecule has 0 amide bonds. The van der Waals surface area contributed by atoms with E-state index in [4.69, 9.17) is 0 Å². The standard InChI is InChI=1S/C16H29N3/c1-5-9-14(10-6-2)18-15-11-12-16(17-13-15)19(7-3)8-4/h11-14,18H,5-10H2,1-4H3. The van der Waals surface area contributed by atoms with Gasteiger partial charge in [-0.25, -0.2) is 4.98 Å². The first-order valence-electron chi connectivity index (χ1n) is 7.72. The van der Waals surface area contributed by atoms with E-state index in [1.165, 1.54) is 25.7 Å². The molecule has 0 aliphatic heterocycles. The summed E-state index contributed by atoms with van der Waals surface area (Å²) in [7, 11) is 0. The summed E-state index contributed by atoms with van der Waals surface area (Å²) in [6, 6.07) is 4.85. The number of pyridine rings is 1. The monoisotopic (exact) mass is 263 g/mol. The summed E-state index contributed by atoms with van der Waals surface area (Å²) >= 11 is 0. The van der Waals surface area contributed by atoms with Crippen molar-refractivity contribution in [3.05, 3.63) is 18.3 Å². The summed E-state index contributed by atoms with van der Waals surface area (Å²) in [4.78, 5) is 6.82. The highest BCUT2D eigenvalue weighted by atomic mass is 15.2. The molecule has 0 aromatic carbocycles. The number of hydrogen-bond acceptors (Lipinski definition) is 3. The fourth-order valence-electron chi connectivity index (χ4n) is 2.43. The van der Waals surface area contributed by atoms with Gasteiger partial charge in [0.2, 0.25) is 0 Å². The Bertz CT molecular complexity index is 324. The van der Waals surface area contributed by atoms with E-state index in [0.717, 1.165) is 24.6 Å². The molecule has 0 fully saturated rings. The molecular formula is C16H29N3. The minimum atomic E-state index is 0.580. The fraction of sp³-hybridized carbons (Fsp3) is 0.688. The molecule has 108 valence electrons. The number of anilines is 2. The van der Waals surface area contributed by atoms with Crippen LogP contribution < -0.4 is 10.2 Å². The van der Waals surface area contributed by atoms with Gasteiger partial charge in [-0.3, -0.25) is 0 Å². The van der Waals surface area contributed by atoms with Crippen LogP contribution in [-0.2, 0) is 0 Å². The van der Waals surface area contributed by atoms with Crippen molar-refractivity contribution in [2.75, 3.05) is 23.3 Å². The Morgan fingerprint density at radius 2 is 1.68 bits per heavy atom. The normalized spacial score (nSPS) is 10.8. The molecule has 3 heteroatoms. The van der Waals surface area contributed by atoms with Crippen LogP contribution in [0.5, 0.6) is 0 Å². The Morgan fingerprint density at radius 3 is 2.11 bits per heavy atom. The van der Waals surface area contributed by atoms with Crippen LogP contribution in [0.4, 0.5) is 11.5 Å². The summed E-state index contributed by atoms with van der Waals surface area (Å²) in [5.74, 6) is 1.07. The van der Waals surface area contributed by atoms with Crippen molar-refractivity contribution in [2.24, 2.45) is 0 Å². The number of nitrogens with one attached hydrogen (secondary N) is 1. The third-order valence-corrected chi connectivity index (χ3v) is 3.48. The lowest BCUT2D eigenvalue weighted by molar-refractivity contribution is 0.586. The molecule has 0 atom stereocenters. The van der Waals surface area contributed by atoms with Crippen molar-refractivity contribution in [1.82, 2.24) is 4.98 Å². The average molecular weight is 263 g/mol. The SMILES string of the molecule is CCCC(CCC)Nc1ccc(N(CC)CC)nc1. The van der Waals surface area contributed by atoms with E-state index in [-0.39, 0.29) is 0 Å². The molecule has 0 radical (unpaired) electrons. The molecule has 0 bridgehead atoms. The number of hydrogen-bond donors (Lipinski definition) is 1. The smallest absolute Gasteiger partial charge is 0.128 e. The Hall–Kier alpha value is -1.25. The van der Waals surface area contributed by atoms with Gasteiger partial charge in [-0.2, -0.15) is 0 Å². The van der Waals surface area contributed by atoms with Crippen LogP contribution in [0, 0.1) is 0 Å². The average Bonchev–Trinajstić information content (AvgIpc) is 2.42. The zero-order valence-corrected chi connectivity index (χ0v) is 12.9. The number of aromatic nitrogens is 1. The minimum absolute atomic E-state index is 0.580. The van der Waals surface area contributed by atoms with E-state index in [1.807, 2.05) is 6.20 Å². The number of nitrogens with zero attached hydrogens (tertiary/aromatic N) is 2. The van der Waals surface area contributed by atoms with Gasteiger partial charge in [0.05, 0.1) is 11.9 Å². The minimum Gasteiger partial charge on any atom is -0.381 e. The first kappa shape index (κ1) is 15.8. The van der Waals surface area contributed by atoms with Crippen LogP contribution in [0.25, 0.3) is 0 Å². The van der Waals surface area contributed by atoms with Crippen LogP contribution in [0.2, 0.25) is 0 Å². The Labute approximate surface area is 118 Å². The fourth-order valence-corrected chi connectivity index (χ4v) is 2.43. The van der Waals surface area contributed by atoms with E-state index in [9.17, 15) is 0 Å². The molecule has 0 saturated heterocycles. The van der Waals surface area contributed by atoms with Gasteiger partial charge in [-0.05, 0) is 38.8 Å². The summed E-state index contributed by atoms with van der Waals surface area (Å²) in [6.45, 7) is 10.8. The second kappa shape index (κ2) is 8.78. The van der Waals surface area contributed by atoms with Crippen molar-refractivity contribution in [2.45, 2.75) is 59.4 Å². The molecule has 1 aromatic heterocycles. The maximum Gasteiger partial charge on any atom is 0.128 e. The van der Waals surface area contributed by atoms with Crippen LogP contribution in [0.3, 0.4) is 0 Å². The van der Waals surface area contributed by atoms with Gasteiger partial charge in [0.25, 0.3) is 0 Å². The van der Waals surface area contributed by atoms with Gasteiger partial charge in [0.15, 0.2) is 0 Å². The molecule has 3 nitrogen and oxygen atoms in total. The van der Waals surface area contributed by atoms with Gasteiger partial charge < -0.3 is 10.2 Å². The van der Waals surface area contributed by atoms with Crippen LogP contribution >= 0.6 is 0 Å². The third kappa shape index (κ3) is 5.09. The number of rotatable bonds is 9. The van der Waals surface area contributed by atoms with E-state index < -0.39 is 0 Å². The molecule has 0 saturated carbocycles. The molecule has 0 aliphatic rings. The first-order chi connectivity index (χ1) is 9.24. The lowest BCUT2D eigenvalue weighted by atomic mass is 10.1. The Kier molecular flexibility index (Phi) is 7.31. The summed E-state index contributed by atoms with van der Waals surface area (Å²) in [6.07, 6.45) is 6.87. The van der Waals surface area contributed by atoms with Crippen LogP contribution in [0.15, 0.2) is 18.3 Å².